The quantitative estimate of drug-likeness (QED) is 0.155. The van der Waals surface area contributed by atoms with Gasteiger partial charge in [-0.25, -0.2) is 0 Å². The zero-order chi connectivity index (χ0) is 45.2. The van der Waals surface area contributed by atoms with Gasteiger partial charge in [-0.05, 0) is 119 Å². The van der Waals surface area contributed by atoms with Gasteiger partial charge in [0, 0.05) is 79.3 Å². The van der Waals surface area contributed by atoms with Crippen LogP contribution in [0.1, 0.15) is 0 Å². The molecule has 69 heavy (non-hydrogen) atoms. The second-order valence-electron chi connectivity index (χ2n) is 18.0. The first-order chi connectivity index (χ1) is 34.2. The summed E-state index contributed by atoms with van der Waals surface area (Å²) in [5.41, 5.74) is 10.2. The second kappa shape index (κ2) is 15.1. The molecule has 0 bridgehead atoms. The fraction of sp³-hybridized carbons (Fsp3) is 0. The summed E-state index contributed by atoms with van der Waals surface area (Å²) in [5, 5.41) is 9.71. The highest BCUT2D eigenvalue weighted by Gasteiger charge is 2.41. The van der Waals surface area contributed by atoms with Gasteiger partial charge in [-0.3, -0.25) is 0 Å². The van der Waals surface area contributed by atoms with Crippen molar-refractivity contribution in [3.8, 4) is 23.0 Å². The minimum atomic E-state index is -0.0566. The molecule has 11 aromatic carbocycles. The van der Waals surface area contributed by atoms with Crippen molar-refractivity contribution in [2.75, 3.05) is 9.80 Å². The molecule has 0 amide bonds. The Bertz CT molecular complexity index is 3960. The summed E-state index contributed by atoms with van der Waals surface area (Å²) in [6, 6.07) is 81.2. The number of rotatable bonds is 6. The number of hydrogen-bond acceptors (Lipinski definition) is 6. The maximum absolute atomic E-state index is 6.87. The molecule has 4 nitrogen and oxygen atoms in total. The number of ether oxygens (including phenoxy) is 2. The molecule has 0 spiro atoms. The molecule has 2 aliphatic heterocycles. The molecular weight excluding hydrogens is 880 g/mol. The number of para-hydroxylation sites is 2. The van der Waals surface area contributed by atoms with Crippen molar-refractivity contribution in [2.45, 2.75) is 0 Å². The molecule has 322 valence electrons. The van der Waals surface area contributed by atoms with Crippen molar-refractivity contribution in [1.29, 1.82) is 0 Å². The van der Waals surface area contributed by atoms with Crippen LogP contribution in [0.2, 0.25) is 0 Å². The molecule has 13 aromatic rings. The van der Waals surface area contributed by atoms with E-state index in [1.54, 1.807) is 0 Å². The zero-order valence-electron chi connectivity index (χ0n) is 37.0. The predicted molar refractivity (Wildman–Crippen MR) is 294 cm³/mol. The number of anilines is 6. The van der Waals surface area contributed by atoms with Crippen LogP contribution in [0, 0.1) is 0 Å². The minimum absolute atomic E-state index is 0.0566. The molecule has 0 aliphatic carbocycles. The first-order valence-corrected chi connectivity index (χ1v) is 25.0. The molecule has 2 aromatic heterocycles. The highest BCUT2D eigenvalue weighted by Crippen LogP contribution is 2.47. The Morgan fingerprint density at radius 2 is 0.725 bits per heavy atom. The summed E-state index contributed by atoms with van der Waals surface area (Å²) in [4.78, 5) is 4.77. The normalized spacial score (nSPS) is 12.6. The first-order valence-electron chi connectivity index (χ1n) is 23.3. The van der Waals surface area contributed by atoms with Gasteiger partial charge in [0.25, 0.3) is 6.71 Å². The van der Waals surface area contributed by atoms with Gasteiger partial charge in [-0.1, -0.05) is 127 Å². The lowest BCUT2D eigenvalue weighted by atomic mass is 9.35. The molecule has 0 unspecified atom stereocenters. The summed E-state index contributed by atoms with van der Waals surface area (Å²) >= 11 is 3.70. The monoisotopic (exact) mass is 916 g/mol. The topological polar surface area (TPSA) is 24.9 Å². The average molecular weight is 917 g/mol. The van der Waals surface area contributed by atoms with E-state index in [1.165, 1.54) is 61.9 Å². The summed E-state index contributed by atoms with van der Waals surface area (Å²) in [6.07, 6.45) is 0. The van der Waals surface area contributed by atoms with Gasteiger partial charge in [0.1, 0.15) is 23.0 Å². The summed E-state index contributed by atoms with van der Waals surface area (Å²) < 4.78 is 18.7. The fourth-order valence-corrected chi connectivity index (χ4v) is 13.4. The highest BCUT2D eigenvalue weighted by atomic mass is 32.1. The van der Waals surface area contributed by atoms with E-state index in [0.29, 0.717) is 0 Å². The predicted octanol–water partition coefficient (Wildman–Crippen LogP) is 16.4. The lowest BCUT2D eigenvalue weighted by Gasteiger charge is -2.33. The Kier molecular flexibility index (Phi) is 8.46. The molecule has 0 radical (unpaired) electrons. The van der Waals surface area contributed by atoms with E-state index in [4.69, 9.17) is 9.47 Å². The second-order valence-corrected chi connectivity index (χ2v) is 20.1. The lowest BCUT2D eigenvalue weighted by molar-refractivity contribution is 0.465. The Labute approximate surface area is 406 Å². The van der Waals surface area contributed by atoms with Crippen LogP contribution in [0.4, 0.5) is 34.1 Å². The van der Waals surface area contributed by atoms with Crippen molar-refractivity contribution in [3.63, 3.8) is 0 Å². The van der Waals surface area contributed by atoms with Crippen LogP contribution in [0.3, 0.4) is 0 Å². The third kappa shape index (κ3) is 6.01. The van der Waals surface area contributed by atoms with Crippen LogP contribution < -0.4 is 35.7 Å². The van der Waals surface area contributed by atoms with E-state index < -0.39 is 0 Å². The summed E-state index contributed by atoms with van der Waals surface area (Å²) in [7, 11) is 0. The number of thiophene rings is 2. The van der Waals surface area contributed by atoms with E-state index in [1.807, 2.05) is 28.7 Å². The maximum atomic E-state index is 6.87. The van der Waals surface area contributed by atoms with Crippen molar-refractivity contribution < 1.29 is 9.47 Å². The molecule has 7 heteroatoms. The van der Waals surface area contributed by atoms with Gasteiger partial charge in [-0.15, -0.1) is 22.7 Å². The van der Waals surface area contributed by atoms with Crippen LogP contribution in [0.25, 0.3) is 61.9 Å². The van der Waals surface area contributed by atoms with Crippen LogP contribution >= 0.6 is 22.7 Å². The third-order valence-electron chi connectivity index (χ3n) is 14.1. The van der Waals surface area contributed by atoms with Crippen molar-refractivity contribution in [3.05, 3.63) is 224 Å². The van der Waals surface area contributed by atoms with E-state index in [2.05, 4.69) is 228 Å². The van der Waals surface area contributed by atoms with Gasteiger partial charge in [0.05, 0.1) is 11.4 Å². The Morgan fingerprint density at radius 1 is 0.304 bits per heavy atom. The standard InChI is InChI=1S/C62H37BN2O2S2/c1-3-18-40(19-4-1)64(52-24-11-16-38-14-7-9-22-44(38)52)42-28-30-46-48-34-56-50(36-60(48)68-58(46)32-42)63-51-37-61-49(35-57(51)67-55-27-13-26-54(66-56)62(55)63)47-31-29-43(33-59(47)69-61)65(41-20-5-2-6-21-41)53-25-12-17-39-15-8-10-23-45(39)53/h1-37H. The molecule has 15 rings (SSSR count). The minimum Gasteiger partial charge on any atom is -0.458 e. The summed E-state index contributed by atoms with van der Waals surface area (Å²) in [5.74, 6) is 3.48. The molecule has 0 N–H and O–H groups in total. The van der Waals surface area contributed by atoms with Gasteiger partial charge in [0.2, 0.25) is 0 Å². The van der Waals surface area contributed by atoms with Gasteiger partial charge in [-0.2, -0.15) is 0 Å². The largest absolute Gasteiger partial charge is 0.458 e. The van der Waals surface area contributed by atoms with Crippen molar-refractivity contribution >= 4 is 142 Å². The number of nitrogens with zero attached hydrogens (tertiary/aromatic N) is 2. The van der Waals surface area contributed by atoms with E-state index >= 15 is 0 Å². The summed E-state index contributed by atoms with van der Waals surface area (Å²) in [6.45, 7) is -0.0566. The van der Waals surface area contributed by atoms with E-state index in [-0.39, 0.29) is 6.71 Å². The van der Waals surface area contributed by atoms with Crippen molar-refractivity contribution in [2.24, 2.45) is 0 Å². The Morgan fingerprint density at radius 3 is 1.22 bits per heavy atom. The van der Waals surface area contributed by atoms with Crippen LogP contribution in [-0.2, 0) is 0 Å². The third-order valence-corrected chi connectivity index (χ3v) is 16.3. The first kappa shape index (κ1) is 38.7. The zero-order valence-corrected chi connectivity index (χ0v) is 38.6. The molecule has 2 aliphatic rings. The SMILES string of the molecule is c1ccc(N(c2ccc3c(c2)sc2cc4c(cc23)Oc2cccc3c2B4c2cc4sc5cc(N(c6ccccc6)c6cccc7ccccc67)ccc5c4cc2O3)c2cccc3ccccc23)cc1. The Balaban J connectivity index is 0.863. The molecule has 0 atom stereocenters. The smallest absolute Gasteiger partial charge is 0.260 e. The number of fused-ring (bicyclic) bond motifs is 12. The van der Waals surface area contributed by atoms with E-state index in [9.17, 15) is 0 Å². The molecule has 0 saturated carbocycles. The highest BCUT2D eigenvalue weighted by molar-refractivity contribution is 7.26. The van der Waals surface area contributed by atoms with Gasteiger partial charge in [0.15, 0.2) is 0 Å². The molecular formula is C62H37BN2O2S2. The Hall–Kier alpha value is -8.36. The fourth-order valence-electron chi connectivity index (χ4n) is 11.0. The van der Waals surface area contributed by atoms with Crippen LogP contribution in [-0.4, -0.2) is 6.71 Å². The van der Waals surface area contributed by atoms with Gasteiger partial charge < -0.3 is 19.3 Å². The van der Waals surface area contributed by atoms with Crippen molar-refractivity contribution in [1.82, 2.24) is 0 Å². The van der Waals surface area contributed by atoms with Crippen LogP contribution in [0.15, 0.2) is 224 Å². The lowest BCUT2D eigenvalue weighted by Crippen LogP contribution is -2.57. The molecule has 0 fully saturated rings. The number of hydrogen-bond donors (Lipinski definition) is 0. The number of benzene rings is 11. The maximum Gasteiger partial charge on any atom is 0.260 e. The van der Waals surface area contributed by atoms with E-state index in [0.717, 1.165) is 73.5 Å². The molecule has 4 heterocycles. The van der Waals surface area contributed by atoms with Crippen LogP contribution in [0.5, 0.6) is 23.0 Å². The molecule has 0 saturated heterocycles. The van der Waals surface area contributed by atoms with Gasteiger partial charge >= 0.3 is 0 Å². The average Bonchev–Trinajstić information content (AvgIpc) is 3.94.